The van der Waals surface area contributed by atoms with Gasteiger partial charge in [0.25, 0.3) is 10.0 Å². The molecule has 0 unspecified atom stereocenters. The second-order valence-corrected chi connectivity index (χ2v) is 7.45. The zero-order valence-electron chi connectivity index (χ0n) is 11.3. The second-order valence-electron chi connectivity index (χ2n) is 4.54. The fourth-order valence-corrected chi connectivity index (χ4v) is 4.23. The Kier molecular flexibility index (Phi) is 4.79. The van der Waals surface area contributed by atoms with Crippen LogP contribution < -0.4 is 4.72 Å². The van der Waals surface area contributed by atoms with Gasteiger partial charge >= 0.3 is 5.97 Å². The third-order valence-electron chi connectivity index (χ3n) is 2.83. The zero-order chi connectivity index (χ0) is 16.5. The quantitative estimate of drug-likeness (QED) is 0.809. The van der Waals surface area contributed by atoms with Crippen molar-refractivity contribution in [1.82, 2.24) is 0 Å². The molecule has 0 atom stereocenters. The number of hydrogen-bond donors (Lipinski definition) is 2. The van der Waals surface area contributed by atoms with Gasteiger partial charge in [-0.05, 0) is 58.7 Å². The van der Waals surface area contributed by atoms with E-state index in [4.69, 9.17) is 16.7 Å². The molecule has 0 heterocycles. The number of benzene rings is 2. The van der Waals surface area contributed by atoms with Crippen molar-refractivity contribution in [2.75, 3.05) is 4.72 Å². The number of hydrogen-bond acceptors (Lipinski definition) is 3. The van der Waals surface area contributed by atoms with Crippen molar-refractivity contribution >= 4 is 49.2 Å². The molecule has 0 saturated heterocycles. The van der Waals surface area contributed by atoms with Gasteiger partial charge in [-0.1, -0.05) is 17.7 Å². The monoisotopic (exact) mass is 403 g/mol. The van der Waals surface area contributed by atoms with Crippen LogP contribution in [0.3, 0.4) is 0 Å². The van der Waals surface area contributed by atoms with Gasteiger partial charge in [0.15, 0.2) is 0 Å². The van der Waals surface area contributed by atoms with Gasteiger partial charge in [-0.3, -0.25) is 4.72 Å². The van der Waals surface area contributed by atoms with E-state index < -0.39 is 16.0 Å². The largest absolute Gasteiger partial charge is 0.478 e. The molecule has 8 heteroatoms. The first-order valence-electron chi connectivity index (χ1n) is 6.02. The highest BCUT2D eigenvalue weighted by atomic mass is 79.9. The number of carbonyl (C=O) groups is 1. The first-order chi connectivity index (χ1) is 10.2. The first-order valence-corrected chi connectivity index (χ1v) is 8.68. The van der Waals surface area contributed by atoms with Crippen molar-refractivity contribution in [2.45, 2.75) is 11.8 Å². The van der Waals surface area contributed by atoms with Gasteiger partial charge in [0, 0.05) is 10.2 Å². The van der Waals surface area contributed by atoms with Crippen LogP contribution in [0.25, 0.3) is 0 Å². The van der Waals surface area contributed by atoms with Gasteiger partial charge in [0.2, 0.25) is 0 Å². The molecular weight excluding hydrogens is 394 g/mol. The van der Waals surface area contributed by atoms with Gasteiger partial charge in [-0.15, -0.1) is 0 Å². The number of halogens is 2. The summed E-state index contributed by atoms with van der Waals surface area (Å²) in [7, 11) is -3.85. The van der Waals surface area contributed by atoms with Gasteiger partial charge in [-0.2, -0.15) is 0 Å². The minimum absolute atomic E-state index is 0.0342. The molecule has 0 saturated carbocycles. The SMILES string of the molecule is Cc1ccc(S(=O)(=O)Nc2ccc(Cl)c(C(=O)O)c2)c(Br)c1. The average molecular weight is 405 g/mol. The average Bonchev–Trinajstić information content (AvgIpc) is 2.39. The smallest absolute Gasteiger partial charge is 0.337 e. The van der Waals surface area contributed by atoms with E-state index in [9.17, 15) is 13.2 Å². The predicted molar refractivity (Wildman–Crippen MR) is 88.1 cm³/mol. The van der Waals surface area contributed by atoms with Crippen LogP contribution in [-0.4, -0.2) is 19.5 Å². The number of carboxylic acid groups (broad SMARTS) is 1. The Labute approximate surface area is 141 Å². The summed E-state index contributed by atoms with van der Waals surface area (Å²) >= 11 is 8.97. The Balaban J connectivity index is 2.41. The van der Waals surface area contributed by atoms with E-state index in [1.807, 2.05) is 6.92 Å². The van der Waals surface area contributed by atoms with E-state index in [0.29, 0.717) is 4.47 Å². The Morgan fingerprint density at radius 1 is 1.23 bits per heavy atom. The number of sulfonamides is 1. The van der Waals surface area contributed by atoms with Crippen LogP contribution in [0.1, 0.15) is 15.9 Å². The molecule has 0 radical (unpaired) electrons. The summed E-state index contributed by atoms with van der Waals surface area (Å²) in [5.41, 5.74) is 0.851. The molecule has 0 aromatic heterocycles. The van der Waals surface area contributed by atoms with E-state index >= 15 is 0 Å². The number of aromatic carboxylic acids is 1. The highest BCUT2D eigenvalue weighted by Crippen LogP contribution is 2.27. The van der Waals surface area contributed by atoms with Crippen LogP contribution in [-0.2, 0) is 10.0 Å². The van der Waals surface area contributed by atoms with Crippen molar-refractivity contribution < 1.29 is 18.3 Å². The fourth-order valence-electron chi connectivity index (χ4n) is 1.79. The van der Waals surface area contributed by atoms with Gasteiger partial charge in [0.1, 0.15) is 4.90 Å². The van der Waals surface area contributed by atoms with Crippen LogP contribution in [0.2, 0.25) is 5.02 Å². The topological polar surface area (TPSA) is 83.5 Å². The summed E-state index contributed by atoms with van der Waals surface area (Å²) < 4.78 is 27.5. The molecule has 0 fully saturated rings. The van der Waals surface area contributed by atoms with Crippen molar-refractivity contribution in [1.29, 1.82) is 0 Å². The van der Waals surface area contributed by atoms with E-state index in [-0.39, 0.29) is 21.2 Å². The van der Waals surface area contributed by atoms with Crippen LogP contribution in [0, 0.1) is 6.92 Å². The molecule has 5 nitrogen and oxygen atoms in total. The van der Waals surface area contributed by atoms with Crippen LogP contribution in [0.5, 0.6) is 0 Å². The maximum absolute atomic E-state index is 12.4. The molecule has 0 aliphatic heterocycles. The summed E-state index contributed by atoms with van der Waals surface area (Å²) in [5.74, 6) is -1.23. The van der Waals surface area contributed by atoms with Crippen molar-refractivity contribution in [3.63, 3.8) is 0 Å². The molecule has 2 rings (SSSR count). The standard InChI is InChI=1S/C14H11BrClNO4S/c1-8-2-5-13(11(15)6-8)22(20,21)17-9-3-4-12(16)10(7-9)14(18)19/h2-7,17H,1H3,(H,18,19). The van der Waals surface area contributed by atoms with E-state index in [0.717, 1.165) is 5.56 Å². The zero-order valence-corrected chi connectivity index (χ0v) is 14.5. The molecule has 116 valence electrons. The number of nitrogens with one attached hydrogen (secondary N) is 1. The lowest BCUT2D eigenvalue weighted by atomic mass is 10.2. The highest BCUT2D eigenvalue weighted by molar-refractivity contribution is 9.10. The Morgan fingerprint density at radius 2 is 1.91 bits per heavy atom. The summed E-state index contributed by atoms with van der Waals surface area (Å²) in [4.78, 5) is 11.1. The fraction of sp³-hybridized carbons (Fsp3) is 0.0714. The molecule has 0 aliphatic rings. The van der Waals surface area contributed by atoms with Crippen molar-refractivity contribution in [2.24, 2.45) is 0 Å². The molecule has 0 aliphatic carbocycles. The van der Waals surface area contributed by atoms with Crippen LogP contribution in [0.4, 0.5) is 5.69 Å². The van der Waals surface area contributed by atoms with Gasteiger partial charge in [0.05, 0.1) is 10.6 Å². The molecule has 0 bridgehead atoms. The lowest BCUT2D eigenvalue weighted by Gasteiger charge is -2.11. The molecule has 2 aromatic carbocycles. The molecule has 0 amide bonds. The van der Waals surface area contributed by atoms with Crippen molar-refractivity contribution in [3.05, 3.63) is 57.0 Å². The number of rotatable bonds is 4. The molecule has 2 aromatic rings. The molecule has 0 spiro atoms. The third kappa shape index (κ3) is 3.60. The predicted octanol–water partition coefficient (Wildman–Crippen LogP) is 3.91. The minimum atomic E-state index is -3.85. The summed E-state index contributed by atoms with van der Waals surface area (Å²) in [6, 6.07) is 8.71. The molecule has 22 heavy (non-hydrogen) atoms. The first kappa shape index (κ1) is 16.8. The maximum Gasteiger partial charge on any atom is 0.337 e. The Morgan fingerprint density at radius 3 is 2.50 bits per heavy atom. The summed E-state index contributed by atoms with van der Waals surface area (Å²) in [5, 5.41) is 9.05. The van der Waals surface area contributed by atoms with E-state index in [1.54, 1.807) is 12.1 Å². The second kappa shape index (κ2) is 6.28. The normalized spacial score (nSPS) is 11.2. The summed E-state index contributed by atoms with van der Waals surface area (Å²) in [6.07, 6.45) is 0. The Bertz CT molecular complexity index is 852. The molecular formula is C14H11BrClNO4S. The molecule has 2 N–H and O–H groups in total. The number of carboxylic acids is 1. The summed E-state index contributed by atoms with van der Waals surface area (Å²) in [6.45, 7) is 1.84. The highest BCUT2D eigenvalue weighted by Gasteiger charge is 2.19. The lowest BCUT2D eigenvalue weighted by molar-refractivity contribution is 0.0697. The van der Waals surface area contributed by atoms with Crippen molar-refractivity contribution in [3.8, 4) is 0 Å². The minimum Gasteiger partial charge on any atom is -0.478 e. The van der Waals surface area contributed by atoms with Gasteiger partial charge in [-0.25, -0.2) is 13.2 Å². The van der Waals surface area contributed by atoms with Crippen LogP contribution >= 0.6 is 27.5 Å². The van der Waals surface area contributed by atoms with E-state index in [1.165, 1.54) is 24.3 Å². The van der Waals surface area contributed by atoms with E-state index in [2.05, 4.69) is 20.7 Å². The number of aryl methyl sites for hydroxylation is 1. The third-order valence-corrected chi connectivity index (χ3v) is 5.51. The maximum atomic E-state index is 12.4. The van der Waals surface area contributed by atoms with Crippen LogP contribution in [0.15, 0.2) is 45.8 Å². The number of anilines is 1. The van der Waals surface area contributed by atoms with Gasteiger partial charge < -0.3 is 5.11 Å². The Hall–Kier alpha value is -1.57. The lowest BCUT2D eigenvalue weighted by Crippen LogP contribution is -2.14.